The zero-order valence-electron chi connectivity index (χ0n) is 16.4. The van der Waals surface area contributed by atoms with Gasteiger partial charge in [0.15, 0.2) is 0 Å². The van der Waals surface area contributed by atoms with Crippen molar-refractivity contribution in [1.29, 1.82) is 0 Å². The van der Waals surface area contributed by atoms with Gasteiger partial charge in [-0.1, -0.05) is 54.7 Å². The van der Waals surface area contributed by atoms with Gasteiger partial charge in [0.2, 0.25) is 0 Å². The molecule has 0 radical (unpaired) electrons. The molecule has 1 N–H and O–H groups in total. The van der Waals surface area contributed by atoms with Gasteiger partial charge in [0, 0.05) is 15.8 Å². The molecule has 0 bridgehead atoms. The highest BCUT2D eigenvalue weighted by atomic mass is 35.5. The monoisotopic (exact) mass is 455 g/mol. The molecule has 6 nitrogen and oxygen atoms in total. The van der Waals surface area contributed by atoms with Crippen LogP contribution in [0.25, 0.3) is 0 Å². The number of carbonyl (C=O) groups is 1. The Labute approximate surface area is 181 Å². The van der Waals surface area contributed by atoms with Gasteiger partial charge in [-0.05, 0) is 50.1 Å². The van der Waals surface area contributed by atoms with Gasteiger partial charge in [-0.15, -0.1) is 0 Å². The molecule has 0 heterocycles. The largest absolute Gasteiger partial charge is 0.271 e. The molecule has 1 amide bonds. The first-order valence-corrected chi connectivity index (χ1v) is 11.3. The maximum Gasteiger partial charge on any atom is 0.264 e. The van der Waals surface area contributed by atoms with Gasteiger partial charge in [0.25, 0.3) is 15.9 Å². The minimum absolute atomic E-state index is 0.0540. The summed E-state index contributed by atoms with van der Waals surface area (Å²) in [6.07, 6.45) is 1.37. The predicted octanol–water partition coefficient (Wildman–Crippen LogP) is 4.79. The second-order valence-electron chi connectivity index (χ2n) is 6.37. The van der Waals surface area contributed by atoms with E-state index in [-0.39, 0.29) is 20.6 Å². The summed E-state index contributed by atoms with van der Waals surface area (Å²) in [6.45, 7) is 5.24. The molecular weight excluding hydrogens is 433 g/mol. The third-order valence-electron chi connectivity index (χ3n) is 4.19. The first-order chi connectivity index (χ1) is 13.7. The normalized spacial score (nSPS) is 11.1. The van der Waals surface area contributed by atoms with Crippen molar-refractivity contribution in [3.05, 3.63) is 58.1 Å². The Balaban J connectivity index is 2.44. The minimum Gasteiger partial charge on any atom is -0.271 e. The highest BCUT2D eigenvalue weighted by molar-refractivity contribution is 7.92. The number of benzene rings is 2. The van der Waals surface area contributed by atoms with Gasteiger partial charge in [-0.25, -0.2) is 13.8 Å². The van der Waals surface area contributed by atoms with E-state index in [4.69, 9.17) is 23.2 Å². The van der Waals surface area contributed by atoms with Gasteiger partial charge >= 0.3 is 0 Å². The van der Waals surface area contributed by atoms with Gasteiger partial charge in [-0.3, -0.25) is 9.10 Å². The Bertz CT molecular complexity index is 980. The summed E-state index contributed by atoms with van der Waals surface area (Å²) in [4.78, 5) is 12.5. The molecule has 0 aliphatic carbocycles. The lowest BCUT2D eigenvalue weighted by atomic mass is 10.2. The number of nitrogens with one attached hydrogen (secondary N) is 1. The van der Waals surface area contributed by atoms with E-state index in [9.17, 15) is 13.2 Å². The van der Waals surface area contributed by atoms with Crippen molar-refractivity contribution >= 4 is 50.5 Å². The maximum absolute atomic E-state index is 13.3. The van der Waals surface area contributed by atoms with Crippen LogP contribution in [0.2, 0.25) is 10.0 Å². The minimum atomic E-state index is -4.04. The summed E-state index contributed by atoms with van der Waals surface area (Å²) in [5.41, 5.74) is 4.33. The standard InChI is InChI=1S/C20H23Cl2N3O3S/c1-4-17(5-2)23-24-20(26)13-25(18-11-15(21)10-16(22)12-18)29(27,28)19-8-6-14(3)7-9-19/h6-12H,4-5,13H2,1-3H3,(H,24,26). The zero-order valence-corrected chi connectivity index (χ0v) is 18.8. The Kier molecular flexibility index (Phi) is 8.07. The predicted molar refractivity (Wildman–Crippen MR) is 118 cm³/mol. The number of halogens is 2. The van der Waals surface area contributed by atoms with Crippen LogP contribution in [0.4, 0.5) is 5.69 Å². The summed E-state index contributed by atoms with van der Waals surface area (Å²) in [5.74, 6) is -0.573. The SMILES string of the molecule is CCC(CC)=NNC(=O)CN(c1cc(Cl)cc(Cl)c1)S(=O)(=O)c1ccc(C)cc1. The van der Waals surface area contributed by atoms with Crippen molar-refractivity contribution in [2.24, 2.45) is 5.10 Å². The van der Waals surface area contributed by atoms with Gasteiger partial charge in [-0.2, -0.15) is 5.10 Å². The average Bonchev–Trinajstić information content (AvgIpc) is 2.66. The van der Waals surface area contributed by atoms with E-state index < -0.39 is 22.5 Å². The number of rotatable bonds is 8. The fourth-order valence-electron chi connectivity index (χ4n) is 2.55. The molecule has 29 heavy (non-hydrogen) atoms. The second kappa shape index (κ2) is 10.1. The highest BCUT2D eigenvalue weighted by Gasteiger charge is 2.27. The van der Waals surface area contributed by atoms with E-state index in [1.165, 1.54) is 30.3 Å². The molecule has 0 spiro atoms. The summed E-state index contributed by atoms with van der Waals surface area (Å²) < 4.78 is 27.5. The molecule has 0 atom stereocenters. The molecule has 0 saturated carbocycles. The third-order valence-corrected chi connectivity index (χ3v) is 6.41. The van der Waals surface area contributed by atoms with Crippen LogP contribution in [0.5, 0.6) is 0 Å². The van der Waals surface area contributed by atoms with Crippen molar-refractivity contribution in [2.45, 2.75) is 38.5 Å². The molecule has 0 aliphatic rings. The van der Waals surface area contributed by atoms with E-state index in [1.807, 2.05) is 20.8 Å². The Morgan fingerprint density at radius 3 is 2.10 bits per heavy atom. The zero-order chi connectivity index (χ0) is 21.6. The summed E-state index contributed by atoms with van der Waals surface area (Å²) in [5, 5.41) is 4.57. The van der Waals surface area contributed by atoms with Crippen LogP contribution in [0.1, 0.15) is 32.3 Å². The lowest BCUT2D eigenvalue weighted by molar-refractivity contribution is -0.119. The van der Waals surface area contributed by atoms with Crippen molar-refractivity contribution in [1.82, 2.24) is 5.43 Å². The van der Waals surface area contributed by atoms with Crippen LogP contribution in [0.3, 0.4) is 0 Å². The Morgan fingerprint density at radius 2 is 1.59 bits per heavy atom. The van der Waals surface area contributed by atoms with Gasteiger partial charge in [0.1, 0.15) is 6.54 Å². The van der Waals surface area contributed by atoms with Gasteiger partial charge in [0.05, 0.1) is 10.6 Å². The highest BCUT2D eigenvalue weighted by Crippen LogP contribution is 2.29. The average molecular weight is 456 g/mol. The summed E-state index contributed by atoms with van der Waals surface area (Å²) in [6, 6.07) is 10.7. The number of sulfonamides is 1. The second-order valence-corrected chi connectivity index (χ2v) is 9.11. The van der Waals surface area contributed by atoms with E-state index >= 15 is 0 Å². The van der Waals surface area contributed by atoms with Crippen molar-refractivity contribution < 1.29 is 13.2 Å². The molecule has 0 saturated heterocycles. The fourth-order valence-corrected chi connectivity index (χ4v) is 4.47. The molecule has 156 valence electrons. The smallest absolute Gasteiger partial charge is 0.264 e. The third kappa shape index (κ3) is 6.19. The van der Waals surface area contributed by atoms with Crippen molar-refractivity contribution in [3.63, 3.8) is 0 Å². The number of anilines is 1. The number of hydrogen-bond acceptors (Lipinski definition) is 4. The molecule has 0 fully saturated rings. The molecular formula is C20H23Cl2N3O3S. The number of nitrogens with zero attached hydrogens (tertiary/aromatic N) is 2. The molecule has 2 aromatic rings. The number of hydrogen-bond donors (Lipinski definition) is 1. The maximum atomic E-state index is 13.3. The number of aryl methyl sites for hydroxylation is 1. The quantitative estimate of drug-likeness (QED) is 0.458. The van der Waals surface area contributed by atoms with Gasteiger partial charge < -0.3 is 0 Å². The van der Waals surface area contributed by atoms with Crippen LogP contribution in [0.15, 0.2) is 52.5 Å². The van der Waals surface area contributed by atoms with Crippen LogP contribution in [-0.2, 0) is 14.8 Å². The molecule has 0 aromatic heterocycles. The van der Waals surface area contributed by atoms with E-state index in [2.05, 4.69) is 10.5 Å². The van der Waals surface area contributed by atoms with Crippen LogP contribution in [-0.4, -0.2) is 26.6 Å². The number of amides is 1. The Morgan fingerprint density at radius 1 is 1.03 bits per heavy atom. The molecule has 2 rings (SSSR count). The topological polar surface area (TPSA) is 78.8 Å². The first-order valence-electron chi connectivity index (χ1n) is 9.07. The van der Waals surface area contributed by atoms with E-state index in [1.54, 1.807) is 12.1 Å². The van der Waals surface area contributed by atoms with Crippen molar-refractivity contribution in [2.75, 3.05) is 10.8 Å². The number of carbonyl (C=O) groups excluding carboxylic acids is 1. The summed E-state index contributed by atoms with van der Waals surface area (Å²) >= 11 is 12.1. The fraction of sp³-hybridized carbons (Fsp3) is 0.300. The van der Waals surface area contributed by atoms with Crippen LogP contribution < -0.4 is 9.73 Å². The van der Waals surface area contributed by atoms with E-state index in [0.717, 1.165) is 15.6 Å². The first kappa shape index (κ1) is 23.2. The van der Waals surface area contributed by atoms with Crippen molar-refractivity contribution in [3.8, 4) is 0 Å². The van der Waals surface area contributed by atoms with E-state index in [0.29, 0.717) is 12.8 Å². The van der Waals surface area contributed by atoms with Crippen LogP contribution in [0, 0.1) is 6.92 Å². The lowest BCUT2D eigenvalue weighted by Gasteiger charge is -2.24. The molecule has 0 unspecified atom stereocenters. The number of hydrazone groups is 1. The Hall–Kier alpha value is -2.09. The summed E-state index contributed by atoms with van der Waals surface area (Å²) in [7, 11) is -4.04. The molecule has 0 aliphatic heterocycles. The molecule has 9 heteroatoms. The molecule has 2 aromatic carbocycles. The lowest BCUT2D eigenvalue weighted by Crippen LogP contribution is -2.39. The van der Waals surface area contributed by atoms with Crippen LogP contribution >= 0.6 is 23.2 Å².